The third-order valence-electron chi connectivity index (χ3n) is 3.12. The van der Waals surface area contributed by atoms with Crippen molar-refractivity contribution in [3.05, 3.63) is 35.9 Å². The number of nitrogens with one attached hydrogen (secondary N) is 1. The molecule has 1 heterocycles. The summed E-state index contributed by atoms with van der Waals surface area (Å²) in [5, 5.41) is 13.4. The van der Waals surface area contributed by atoms with Crippen molar-refractivity contribution in [3.8, 4) is 0 Å². The molecule has 6 heteroatoms. The largest absolute Gasteiger partial charge is 0.353 e. The third kappa shape index (κ3) is 4.43. The Labute approximate surface area is 135 Å². The molecule has 1 aromatic heterocycles. The summed E-state index contributed by atoms with van der Waals surface area (Å²) < 4.78 is 1.02. The van der Waals surface area contributed by atoms with E-state index in [0.717, 1.165) is 16.0 Å². The van der Waals surface area contributed by atoms with Gasteiger partial charge in [-0.25, -0.2) is 0 Å². The summed E-state index contributed by atoms with van der Waals surface area (Å²) in [4.78, 5) is 1.99. The molecule has 0 saturated carbocycles. The number of anilines is 1. The van der Waals surface area contributed by atoms with Crippen molar-refractivity contribution in [2.45, 2.75) is 29.5 Å². The second kappa shape index (κ2) is 7.77. The van der Waals surface area contributed by atoms with Crippen molar-refractivity contribution in [1.29, 1.82) is 0 Å². The van der Waals surface area contributed by atoms with Gasteiger partial charge in [0, 0.05) is 25.4 Å². The van der Waals surface area contributed by atoms with E-state index in [1.54, 1.807) is 23.1 Å². The second-order valence-electron chi connectivity index (χ2n) is 5.01. The standard InChI is InChI=1S/C15H22N4S2/c1-5-16-13(12-9-7-6-8-10-12)11(2)20-15-18-17-14(21-15)19(3)4/h6-11,13,16H,5H2,1-4H3. The fraction of sp³-hybridized carbons (Fsp3) is 0.467. The van der Waals surface area contributed by atoms with Crippen LogP contribution in [0.3, 0.4) is 0 Å². The average molecular weight is 323 g/mol. The lowest BCUT2D eigenvalue weighted by atomic mass is 10.0. The van der Waals surface area contributed by atoms with Crippen LogP contribution in [0.1, 0.15) is 25.5 Å². The molecule has 2 aromatic rings. The Morgan fingerprint density at radius 1 is 1.24 bits per heavy atom. The molecular weight excluding hydrogens is 300 g/mol. The van der Waals surface area contributed by atoms with E-state index in [4.69, 9.17) is 0 Å². The van der Waals surface area contributed by atoms with Crippen LogP contribution in [0.2, 0.25) is 0 Å². The molecule has 0 bridgehead atoms. The Bertz CT molecular complexity index is 542. The summed E-state index contributed by atoms with van der Waals surface area (Å²) in [5.74, 6) is 0. The van der Waals surface area contributed by atoms with E-state index in [0.29, 0.717) is 11.3 Å². The van der Waals surface area contributed by atoms with Crippen molar-refractivity contribution in [3.63, 3.8) is 0 Å². The summed E-state index contributed by atoms with van der Waals surface area (Å²) in [6, 6.07) is 10.9. The minimum Gasteiger partial charge on any atom is -0.353 e. The third-order valence-corrected chi connectivity index (χ3v) is 5.47. The van der Waals surface area contributed by atoms with Crippen LogP contribution in [0, 0.1) is 0 Å². The normalized spacial score (nSPS) is 13.9. The van der Waals surface area contributed by atoms with E-state index >= 15 is 0 Å². The van der Waals surface area contributed by atoms with Gasteiger partial charge in [-0.05, 0) is 12.1 Å². The molecule has 1 N–H and O–H groups in total. The molecule has 0 saturated heterocycles. The van der Waals surface area contributed by atoms with Crippen LogP contribution in [0.25, 0.3) is 0 Å². The number of benzene rings is 1. The molecule has 0 radical (unpaired) electrons. The van der Waals surface area contributed by atoms with Gasteiger partial charge in [0.1, 0.15) is 0 Å². The van der Waals surface area contributed by atoms with E-state index < -0.39 is 0 Å². The van der Waals surface area contributed by atoms with Gasteiger partial charge in [-0.2, -0.15) is 0 Å². The highest BCUT2D eigenvalue weighted by atomic mass is 32.2. The minimum atomic E-state index is 0.313. The van der Waals surface area contributed by atoms with Crippen molar-refractivity contribution in [1.82, 2.24) is 15.5 Å². The zero-order valence-electron chi connectivity index (χ0n) is 12.9. The van der Waals surface area contributed by atoms with Gasteiger partial charge in [0.15, 0.2) is 4.34 Å². The smallest absolute Gasteiger partial charge is 0.208 e. The first-order valence-corrected chi connectivity index (χ1v) is 8.77. The monoisotopic (exact) mass is 322 g/mol. The molecule has 114 valence electrons. The molecule has 0 aliphatic carbocycles. The van der Waals surface area contributed by atoms with Gasteiger partial charge in [-0.3, -0.25) is 0 Å². The van der Waals surface area contributed by atoms with Gasteiger partial charge in [0.2, 0.25) is 5.13 Å². The molecule has 0 fully saturated rings. The Morgan fingerprint density at radius 2 is 1.95 bits per heavy atom. The highest BCUT2D eigenvalue weighted by Gasteiger charge is 2.21. The lowest BCUT2D eigenvalue weighted by Gasteiger charge is -2.24. The fourth-order valence-electron chi connectivity index (χ4n) is 2.09. The van der Waals surface area contributed by atoms with Crippen molar-refractivity contribution >= 4 is 28.2 Å². The van der Waals surface area contributed by atoms with Gasteiger partial charge < -0.3 is 10.2 Å². The molecule has 2 atom stereocenters. The molecule has 1 aromatic carbocycles. The number of aromatic nitrogens is 2. The number of nitrogens with zero attached hydrogens (tertiary/aromatic N) is 3. The van der Waals surface area contributed by atoms with Crippen LogP contribution in [-0.4, -0.2) is 36.1 Å². The van der Waals surface area contributed by atoms with E-state index in [2.05, 4.69) is 59.7 Å². The maximum absolute atomic E-state index is 4.28. The highest BCUT2D eigenvalue weighted by Crippen LogP contribution is 2.35. The molecule has 0 aliphatic heterocycles. The van der Waals surface area contributed by atoms with E-state index in [1.807, 2.05) is 19.0 Å². The van der Waals surface area contributed by atoms with E-state index in [9.17, 15) is 0 Å². The minimum absolute atomic E-state index is 0.313. The first kappa shape index (κ1) is 16.3. The molecule has 0 amide bonds. The highest BCUT2D eigenvalue weighted by molar-refractivity contribution is 8.01. The van der Waals surface area contributed by atoms with Gasteiger partial charge in [-0.1, -0.05) is 67.3 Å². The maximum Gasteiger partial charge on any atom is 0.208 e. The Balaban J connectivity index is 2.09. The molecule has 2 rings (SSSR count). The van der Waals surface area contributed by atoms with Crippen LogP contribution >= 0.6 is 23.1 Å². The van der Waals surface area contributed by atoms with Crippen molar-refractivity contribution in [2.75, 3.05) is 25.5 Å². The SMILES string of the molecule is CCNC(c1ccccc1)C(C)Sc1nnc(N(C)C)s1. The second-order valence-corrected chi connectivity index (χ2v) is 7.59. The quantitative estimate of drug-likeness (QED) is 0.791. The van der Waals surface area contributed by atoms with E-state index in [1.165, 1.54) is 5.56 Å². The molecule has 0 spiro atoms. The molecule has 4 nitrogen and oxygen atoms in total. The van der Waals surface area contributed by atoms with Gasteiger partial charge in [0.05, 0.1) is 0 Å². The van der Waals surface area contributed by atoms with Crippen LogP contribution in [-0.2, 0) is 0 Å². The Morgan fingerprint density at radius 3 is 2.52 bits per heavy atom. The van der Waals surface area contributed by atoms with Gasteiger partial charge in [-0.15, -0.1) is 10.2 Å². The lowest BCUT2D eigenvalue weighted by Crippen LogP contribution is -2.28. The maximum atomic E-state index is 4.28. The predicted octanol–water partition coefficient (Wildman–Crippen LogP) is 3.44. The summed E-state index contributed by atoms with van der Waals surface area (Å²) in [7, 11) is 3.98. The first-order chi connectivity index (χ1) is 10.1. The summed E-state index contributed by atoms with van der Waals surface area (Å²) >= 11 is 3.42. The van der Waals surface area contributed by atoms with Gasteiger partial charge in [0.25, 0.3) is 0 Å². The van der Waals surface area contributed by atoms with E-state index in [-0.39, 0.29) is 0 Å². The van der Waals surface area contributed by atoms with Crippen LogP contribution in [0.15, 0.2) is 34.7 Å². The predicted molar refractivity (Wildman–Crippen MR) is 92.4 cm³/mol. The number of hydrogen-bond donors (Lipinski definition) is 1. The number of rotatable bonds is 7. The van der Waals surface area contributed by atoms with Gasteiger partial charge >= 0.3 is 0 Å². The topological polar surface area (TPSA) is 41.1 Å². The zero-order chi connectivity index (χ0) is 15.2. The zero-order valence-corrected chi connectivity index (χ0v) is 14.5. The lowest BCUT2D eigenvalue weighted by molar-refractivity contribution is 0.548. The summed E-state index contributed by atoms with van der Waals surface area (Å²) in [6.07, 6.45) is 0. The Hall–Kier alpha value is -1.11. The Kier molecular flexibility index (Phi) is 6.02. The van der Waals surface area contributed by atoms with Crippen LogP contribution < -0.4 is 10.2 Å². The van der Waals surface area contributed by atoms with Crippen molar-refractivity contribution in [2.24, 2.45) is 0 Å². The molecule has 0 aliphatic rings. The summed E-state index contributed by atoms with van der Waals surface area (Å²) in [5.41, 5.74) is 1.32. The van der Waals surface area contributed by atoms with Crippen LogP contribution in [0.4, 0.5) is 5.13 Å². The molecule has 21 heavy (non-hydrogen) atoms. The number of thioether (sulfide) groups is 1. The molecule has 2 unspecified atom stereocenters. The van der Waals surface area contributed by atoms with Crippen molar-refractivity contribution < 1.29 is 0 Å². The van der Waals surface area contributed by atoms with Crippen LogP contribution in [0.5, 0.6) is 0 Å². The number of hydrogen-bond acceptors (Lipinski definition) is 6. The summed E-state index contributed by atoms with van der Waals surface area (Å²) in [6.45, 7) is 5.33. The molecular formula is C15H22N4S2. The average Bonchev–Trinajstić information content (AvgIpc) is 2.94. The first-order valence-electron chi connectivity index (χ1n) is 7.07. The fourth-order valence-corrected chi connectivity index (χ4v) is 4.26.